The number of fused-ring (bicyclic) bond motifs is 1. The Labute approximate surface area is 201 Å². The van der Waals surface area contributed by atoms with E-state index in [0.29, 0.717) is 15.7 Å². The maximum absolute atomic E-state index is 12.8. The first-order chi connectivity index (χ1) is 15.6. The van der Waals surface area contributed by atoms with Crippen molar-refractivity contribution in [3.63, 3.8) is 0 Å². The molecule has 0 saturated carbocycles. The molecule has 2 unspecified atom stereocenters. The van der Waals surface area contributed by atoms with Gasteiger partial charge in [0.05, 0.1) is 22.8 Å². The second kappa shape index (κ2) is 11.0. The van der Waals surface area contributed by atoms with Gasteiger partial charge >= 0.3 is 0 Å². The molecule has 3 amide bonds. The summed E-state index contributed by atoms with van der Waals surface area (Å²) < 4.78 is 0. The fraction of sp³-hybridized carbons (Fsp3) is 0.476. The summed E-state index contributed by atoms with van der Waals surface area (Å²) in [5.74, 6) is -1.32. The Kier molecular flexibility index (Phi) is 8.35. The third-order valence-corrected chi connectivity index (χ3v) is 6.44. The maximum atomic E-state index is 12.8. The average Bonchev–Trinajstić information content (AvgIpc) is 3.19. The minimum absolute atomic E-state index is 0.129. The lowest BCUT2D eigenvalue weighted by Crippen LogP contribution is -2.52. The fourth-order valence-corrected chi connectivity index (χ4v) is 4.51. The van der Waals surface area contributed by atoms with Crippen LogP contribution in [0.2, 0.25) is 5.02 Å². The first-order valence-electron chi connectivity index (χ1n) is 10.4. The summed E-state index contributed by atoms with van der Waals surface area (Å²) in [7, 11) is 5.14. The molecule has 10 nitrogen and oxygen atoms in total. The number of thiazole rings is 1. The summed E-state index contributed by atoms with van der Waals surface area (Å²) in [6.45, 7) is 1.49. The van der Waals surface area contributed by atoms with Gasteiger partial charge in [-0.1, -0.05) is 11.6 Å². The van der Waals surface area contributed by atoms with Gasteiger partial charge in [-0.15, -0.1) is 11.3 Å². The second-order valence-corrected chi connectivity index (χ2v) is 9.58. The quantitative estimate of drug-likeness (QED) is 0.490. The lowest BCUT2D eigenvalue weighted by molar-refractivity contribution is -0.131. The van der Waals surface area contributed by atoms with Crippen LogP contribution in [0.5, 0.6) is 0 Å². The van der Waals surface area contributed by atoms with Crippen molar-refractivity contribution in [2.24, 2.45) is 0 Å². The number of likely N-dealkylation sites (N-methyl/N-ethyl adjacent to an activating group) is 2. The molecule has 0 aromatic carbocycles. The van der Waals surface area contributed by atoms with E-state index in [1.165, 1.54) is 28.5 Å². The molecule has 178 valence electrons. The first-order valence-corrected chi connectivity index (χ1v) is 11.6. The zero-order valence-corrected chi connectivity index (χ0v) is 20.2. The monoisotopic (exact) mass is 494 g/mol. The number of carbonyl (C=O) groups is 3. The van der Waals surface area contributed by atoms with E-state index in [1.54, 1.807) is 20.2 Å². The van der Waals surface area contributed by atoms with Gasteiger partial charge in [0.1, 0.15) is 12.1 Å². The van der Waals surface area contributed by atoms with E-state index in [1.807, 2.05) is 7.05 Å². The van der Waals surface area contributed by atoms with Crippen LogP contribution in [-0.4, -0.2) is 82.9 Å². The van der Waals surface area contributed by atoms with Gasteiger partial charge in [-0.25, -0.2) is 4.98 Å². The molecule has 1 aliphatic rings. The van der Waals surface area contributed by atoms with Crippen LogP contribution in [0, 0.1) is 0 Å². The number of aliphatic hydroxyl groups is 1. The molecule has 3 rings (SSSR count). The van der Waals surface area contributed by atoms with Crippen molar-refractivity contribution in [1.82, 2.24) is 30.4 Å². The van der Waals surface area contributed by atoms with Crippen molar-refractivity contribution in [1.29, 1.82) is 0 Å². The third kappa shape index (κ3) is 6.70. The highest BCUT2D eigenvalue weighted by Gasteiger charge is 2.27. The summed E-state index contributed by atoms with van der Waals surface area (Å²) in [6.07, 6.45) is 0.780. The van der Waals surface area contributed by atoms with Crippen molar-refractivity contribution in [3.05, 3.63) is 44.6 Å². The molecule has 12 heteroatoms. The molecule has 0 fully saturated rings. The van der Waals surface area contributed by atoms with Gasteiger partial charge in [0, 0.05) is 51.2 Å². The lowest BCUT2D eigenvalue weighted by Gasteiger charge is -2.22. The van der Waals surface area contributed by atoms with E-state index < -0.39 is 24.0 Å². The summed E-state index contributed by atoms with van der Waals surface area (Å²) in [5.41, 5.74) is 1.22. The van der Waals surface area contributed by atoms with Gasteiger partial charge in [0.15, 0.2) is 5.01 Å². The Balaban J connectivity index is 1.60. The number of nitrogens with zero attached hydrogens (tertiary/aromatic N) is 4. The maximum Gasteiger partial charge on any atom is 0.280 e. The largest absolute Gasteiger partial charge is 0.386 e. The Morgan fingerprint density at radius 1 is 1.33 bits per heavy atom. The van der Waals surface area contributed by atoms with Crippen LogP contribution in [0.4, 0.5) is 0 Å². The number of carbonyl (C=O) groups excluding carboxylic acids is 3. The Morgan fingerprint density at radius 2 is 2.09 bits per heavy atom. The topological polar surface area (TPSA) is 128 Å². The van der Waals surface area contributed by atoms with Crippen molar-refractivity contribution >= 4 is 40.7 Å². The summed E-state index contributed by atoms with van der Waals surface area (Å²) in [6, 6.07) is 2.12. The molecule has 1 aliphatic heterocycles. The number of halogens is 1. The van der Waals surface area contributed by atoms with Crippen molar-refractivity contribution in [2.45, 2.75) is 31.5 Å². The normalized spacial score (nSPS) is 15.3. The Bertz CT molecular complexity index is 1010. The molecule has 0 spiro atoms. The molecule has 0 saturated heterocycles. The fourth-order valence-electron chi connectivity index (χ4n) is 3.30. The van der Waals surface area contributed by atoms with Crippen LogP contribution in [-0.2, 0) is 22.6 Å². The third-order valence-electron chi connectivity index (χ3n) is 5.13. The van der Waals surface area contributed by atoms with Crippen LogP contribution in [0.25, 0.3) is 0 Å². The summed E-state index contributed by atoms with van der Waals surface area (Å²) >= 11 is 7.10. The van der Waals surface area contributed by atoms with E-state index in [2.05, 4.69) is 25.5 Å². The number of hydrogen-bond donors (Lipinski definition) is 3. The molecule has 3 heterocycles. The highest BCUT2D eigenvalue weighted by molar-refractivity contribution is 7.13. The smallest absolute Gasteiger partial charge is 0.280 e. The molecule has 33 heavy (non-hydrogen) atoms. The first kappa shape index (κ1) is 25.0. The highest BCUT2D eigenvalue weighted by Crippen LogP contribution is 2.24. The number of nitrogens with one attached hydrogen (secondary N) is 2. The van der Waals surface area contributed by atoms with Crippen LogP contribution >= 0.6 is 22.9 Å². The number of pyridine rings is 1. The SMILES string of the molecule is CN1CCc2nc(C(=O)NC(CNC(=O)CC(O)c3ccc(Cl)cn3)C(=O)N(C)C)sc2C1. The standard InChI is InChI=1S/C21H27ClN6O4S/c1-27(2)21(32)15(10-24-18(30)8-16(29)13-5-4-12(22)9-23-13)25-19(31)20-26-14-6-7-28(3)11-17(14)33-20/h4-5,9,15-16,29H,6-8,10-11H2,1-3H3,(H,24,30)(H,25,31). The van der Waals surface area contributed by atoms with Gasteiger partial charge in [0.25, 0.3) is 5.91 Å². The van der Waals surface area contributed by atoms with E-state index in [-0.39, 0.29) is 18.9 Å². The van der Waals surface area contributed by atoms with E-state index in [9.17, 15) is 19.5 Å². The van der Waals surface area contributed by atoms with Gasteiger partial charge in [-0.3, -0.25) is 19.4 Å². The predicted molar refractivity (Wildman–Crippen MR) is 124 cm³/mol. The minimum Gasteiger partial charge on any atom is -0.386 e. The average molecular weight is 495 g/mol. The lowest BCUT2D eigenvalue weighted by atomic mass is 10.1. The molecule has 0 bridgehead atoms. The van der Waals surface area contributed by atoms with Gasteiger partial charge < -0.3 is 25.5 Å². The Morgan fingerprint density at radius 3 is 2.76 bits per heavy atom. The zero-order valence-electron chi connectivity index (χ0n) is 18.7. The number of aliphatic hydroxyl groups excluding tert-OH is 1. The molecule has 2 atom stereocenters. The van der Waals surface area contributed by atoms with Crippen LogP contribution in [0.3, 0.4) is 0 Å². The second-order valence-electron chi connectivity index (χ2n) is 8.06. The number of rotatable bonds is 8. The van der Waals surface area contributed by atoms with Gasteiger partial charge in [-0.2, -0.15) is 0 Å². The molecule has 0 radical (unpaired) electrons. The minimum atomic E-state index is -1.13. The molecular weight excluding hydrogens is 468 g/mol. The van der Waals surface area contributed by atoms with E-state index in [4.69, 9.17) is 11.6 Å². The zero-order chi connectivity index (χ0) is 24.1. The number of aromatic nitrogens is 2. The molecule has 3 N–H and O–H groups in total. The highest BCUT2D eigenvalue weighted by atomic mass is 35.5. The number of amides is 3. The van der Waals surface area contributed by atoms with Crippen molar-refractivity contribution in [3.8, 4) is 0 Å². The predicted octanol–water partition coefficient (Wildman–Crippen LogP) is 0.606. The van der Waals surface area contributed by atoms with Crippen LogP contribution in [0.15, 0.2) is 18.3 Å². The van der Waals surface area contributed by atoms with E-state index >= 15 is 0 Å². The van der Waals surface area contributed by atoms with Crippen LogP contribution < -0.4 is 10.6 Å². The summed E-state index contributed by atoms with van der Waals surface area (Å²) in [5, 5.41) is 16.2. The van der Waals surface area contributed by atoms with Crippen molar-refractivity contribution in [2.75, 3.05) is 34.2 Å². The van der Waals surface area contributed by atoms with Gasteiger partial charge in [0.2, 0.25) is 11.8 Å². The number of hydrogen-bond acceptors (Lipinski definition) is 8. The van der Waals surface area contributed by atoms with Crippen molar-refractivity contribution < 1.29 is 19.5 Å². The summed E-state index contributed by atoms with van der Waals surface area (Å²) in [4.78, 5) is 50.7. The Hall–Kier alpha value is -2.60. The molecule has 2 aromatic heterocycles. The molecule has 2 aromatic rings. The van der Waals surface area contributed by atoms with Gasteiger partial charge in [-0.05, 0) is 19.2 Å². The van der Waals surface area contributed by atoms with Crippen LogP contribution in [0.1, 0.15) is 38.6 Å². The molecule has 0 aliphatic carbocycles. The van der Waals surface area contributed by atoms with E-state index in [0.717, 1.165) is 30.1 Å². The molecular formula is C21H27ClN6O4S.